The van der Waals surface area contributed by atoms with Crippen LogP contribution in [0, 0.1) is 12.8 Å². The van der Waals surface area contributed by atoms with E-state index in [0.717, 1.165) is 70.6 Å². The van der Waals surface area contributed by atoms with Crippen molar-refractivity contribution in [1.29, 1.82) is 0 Å². The van der Waals surface area contributed by atoms with E-state index in [9.17, 15) is 4.79 Å². The molecule has 3 aromatic carbocycles. The fourth-order valence-corrected chi connectivity index (χ4v) is 6.06. The van der Waals surface area contributed by atoms with E-state index in [2.05, 4.69) is 45.5 Å². The van der Waals surface area contributed by atoms with E-state index < -0.39 is 0 Å². The summed E-state index contributed by atoms with van der Waals surface area (Å²) in [6, 6.07) is 31.0. The first-order valence-corrected chi connectivity index (χ1v) is 14.8. The largest absolute Gasteiger partial charge is 0.362 e. The topological polar surface area (TPSA) is 75.1 Å². The molecule has 2 N–H and O–H groups in total. The minimum atomic E-state index is -0.0135. The van der Waals surface area contributed by atoms with E-state index in [1.54, 1.807) is 0 Å². The summed E-state index contributed by atoms with van der Waals surface area (Å²) in [6.45, 7) is 2.71. The lowest BCUT2D eigenvalue weighted by molar-refractivity contribution is 0.0942. The van der Waals surface area contributed by atoms with Gasteiger partial charge in [0.15, 0.2) is 0 Å². The highest BCUT2D eigenvalue weighted by Crippen LogP contribution is 2.31. The van der Waals surface area contributed by atoms with Crippen molar-refractivity contribution >= 4 is 28.6 Å². The van der Waals surface area contributed by atoms with Gasteiger partial charge in [0.05, 0.1) is 16.8 Å². The highest BCUT2D eigenvalue weighted by Gasteiger charge is 2.24. The average molecular weight is 559 g/mol. The Morgan fingerprint density at radius 1 is 0.881 bits per heavy atom. The van der Waals surface area contributed by atoms with E-state index in [1.165, 1.54) is 0 Å². The van der Waals surface area contributed by atoms with Gasteiger partial charge >= 0.3 is 0 Å². The van der Waals surface area contributed by atoms with Crippen LogP contribution in [0.1, 0.15) is 41.7 Å². The maximum atomic E-state index is 13.5. The van der Waals surface area contributed by atoms with Gasteiger partial charge in [0.2, 0.25) is 5.95 Å². The van der Waals surface area contributed by atoms with Crippen LogP contribution >= 0.6 is 0 Å². The molecule has 1 fully saturated rings. The molecule has 1 saturated carbocycles. The molecule has 0 radical (unpaired) electrons. The van der Waals surface area contributed by atoms with Crippen LogP contribution in [0.15, 0.2) is 91.0 Å². The van der Waals surface area contributed by atoms with Crippen LogP contribution in [0.2, 0.25) is 0 Å². The Kier molecular flexibility index (Phi) is 7.91. The van der Waals surface area contributed by atoms with Gasteiger partial charge in [-0.05, 0) is 74.4 Å². The zero-order chi connectivity index (χ0) is 29.1. The third kappa shape index (κ3) is 5.73. The fourth-order valence-electron chi connectivity index (χ4n) is 6.06. The number of carbonyl (C=O) groups is 1. The standard InChI is InChI=1S/C35H38N6O/c1-24-30(22-32(26-12-6-4-7-13-26)41(24)28-14-8-5-9-15-28)34(42)36-23-25-18-20-27(21-19-25)37-35-38-31-17-11-10-16-29(31)33(39-35)40(2)3/h4-17,22,25,27H,18-21,23H2,1-3H3,(H,36,42)(H,37,38,39)/t25-,27+. The molecule has 1 amide bonds. The number of nitrogens with one attached hydrogen (secondary N) is 2. The van der Waals surface area contributed by atoms with E-state index in [4.69, 9.17) is 9.97 Å². The summed E-state index contributed by atoms with van der Waals surface area (Å²) in [6.07, 6.45) is 4.14. The van der Waals surface area contributed by atoms with Gasteiger partial charge in [0, 0.05) is 43.4 Å². The molecule has 7 heteroatoms. The molecule has 0 spiro atoms. The van der Waals surface area contributed by atoms with Crippen molar-refractivity contribution < 1.29 is 4.79 Å². The Labute approximate surface area is 247 Å². The number of carbonyl (C=O) groups excluding carboxylic acids is 1. The molecule has 0 bridgehead atoms. The van der Waals surface area contributed by atoms with Gasteiger partial charge in [-0.3, -0.25) is 4.79 Å². The van der Waals surface area contributed by atoms with Crippen molar-refractivity contribution in [2.24, 2.45) is 5.92 Å². The second-order valence-electron chi connectivity index (χ2n) is 11.4. The minimum Gasteiger partial charge on any atom is -0.362 e. The molecule has 1 aliphatic rings. The molecular formula is C35H38N6O. The third-order valence-corrected chi connectivity index (χ3v) is 8.31. The number of amides is 1. The molecular weight excluding hydrogens is 520 g/mol. The lowest BCUT2D eigenvalue weighted by Crippen LogP contribution is -2.34. The monoisotopic (exact) mass is 558 g/mol. The van der Waals surface area contributed by atoms with Crippen LogP contribution in [-0.4, -0.2) is 47.1 Å². The summed E-state index contributed by atoms with van der Waals surface area (Å²) < 4.78 is 2.18. The number of hydrogen-bond donors (Lipinski definition) is 2. The normalized spacial score (nSPS) is 16.7. The second kappa shape index (κ2) is 12.1. The Morgan fingerprint density at radius 2 is 1.55 bits per heavy atom. The average Bonchev–Trinajstić information content (AvgIpc) is 3.38. The van der Waals surface area contributed by atoms with Crippen molar-refractivity contribution in [3.8, 4) is 16.9 Å². The summed E-state index contributed by atoms with van der Waals surface area (Å²) in [7, 11) is 4.03. The van der Waals surface area contributed by atoms with Crippen molar-refractivity contribution in [2.45, 2.75) is 38.6 Å². The van der Waals surface area contributed by atoms with Gasteiger partial charge in [0.1, 0.15) is 5.82 Å². The Bertz CT molecular complexity index is 1670. The molecule has 214 valence electrons. The minimum absolute atomic E-state index is 0.0135. The Hall–Kier alpha value is -4.65. The predicted octanol–water partition coefficient (Wildman–Crippen LogP) is 6.86. The van der Waals surface area contributed by atoms with E-state index in [-0.39, 0.29) is 5.91 Å². The number of para-hydroxylation sites is 2. The van der Waals surface area contributed by atoms with E-state index >= 15 is 0 Å². The van der Waals surface area contributed by atoms with Crippen LogP contribution in [-0.2, 0) is 0 Å². The molecule has 7 nitrogen and oxygen atoms in total. The Morgan fingerprint density at radius 3 is 2.26 bits per heavy atom. The zero-order valence-corrected chi connectivity index (χ0v) is 24.5. The molecule has 2 heterocycles. The number of benzene rings is 3. The molecule has 0 atom stereocenters. The van der Waals surface area contributed by atoms with Crippen LogP contribution in [0.25, 0.3) is 27.8 Å². The predicted molar refractivity (Wildman–Crippen MR) is 172 cm³/mol. The molecule has 42 heavy (non-hydrogen) atoms. The number of rotatable bonds is 8. The molecule has 0 unspecified atom stereocenters. The molecule has 2 aromatic heterocycles. The first-order valence-electron chi connectivity index (χ1n) is 14.8. The summed E-state index contributed by atoms with van der Waals surface area (Å²) in [5, 5.41) is 7.90. The number of fused-ring (bicyclic) bond motifs is 1. The fraction of sp³-hybridized carbons (Fsp3) is 0.286. The summed E-state index contributed by atoms with van der Waals surface area (Å²) in [5.41, 5.74) is 5.76. The smallest absolute Gasteiger partial charge is 0.253 e. The maximum absolute atomic E-state index is 13.5. The third-order valence-electron chi connectivity index (χ3n) is 8.31. The Balaban J connectivity index is 1.10. The van der Waals surface area contributed by atoms with Crippen LogP contribution < -0.4 is 15.5 Å². The molecule has 0 aliphatic heterocycles. The van der Waals surface area contributed by atoms with Gasteiger partial charge in [-0.1, -0.05) is 60.7 Å². The van der Waals surface area contributed by atoms with Gasteiger partial charge in [0.25, 0.3) is 5.91 Å². The molecule has 6 rings (SSSR count). The van der Waals surface area contributed by atoms with Crippen LogP contribution in [0.4, 0.5) is 11.8 Å². The van der Waals surface area contributed by atoms with Gasteiger partial charge < -0.3 is 20.1 Å². The van der Waals surface area contributed by atoms with Crippen molar-refractivity contribution in [3.63, 3.8) is 0 Å². The van der Waals surface area contributed by atoms with E-state index in [0.29, 0.717) is 24.5 Å². The maximum Gasteiger partial charge on any atom is 0.253 e. The molecule has 0 saturated heterocycles. The summed E-state index contributed by atoms with van der Waals surface area (Å²) >= 11 is 0. The van der Waals surface area contributed by atoms with Gasteiger partial charge in [-0.2, -0.15) is 4.98 Å². The van der Waals surface area contributed by atoms with Crippen molar-refractivity contribution in [1.82, 2.24) is 19.9 Å². The molecule has 1 aliphatic carbocycles. The van der Waals surface area contributed by atoms with Crippen molar-refractivity contribution in [3.05, 3.63) is 102 Å². The second-order valence-corrected chi connectivity index (χ2v) is 11.4. The van der Waals surface area contributed by atoms with Crippen LogP contribution in [0.3, 0.4) is 0 Å². The number of aromatic nitrogens is 3. The SMILES string of the molecule is Cc1c(C(=O)NC[C@H]2CC[C@@H](Nc3nc(N(C)C)c4ccccc4n3)CC2)cc(-c2ccccc2)n1-c1ccccc1. The lowest BCUT2D eigenvalue weighted by Gasteiger charge is -2.29. The van der Waals surface area contributed by atoms with Crippen molar-refractivity contribution in [2.75, 3.05) is 30.9 Å². The van der Waals surface area contributed by atoms with Gasteiger partial charge in [-0.15, -0.1) is 0 Å². The number of hydrogen-bond acceptors (Lipinski definition) is 5. The van der Waals surface area contributed by atoms with Crippen LogP contribution in [0.5, 0.6) is 0 Å². The van der Waals surface area contributed by atoms with E-state index in [1.807, 2.05) is 86.6 Å². The first kappa shape index (κ1) is 27.5. The summed E-state index contributed by atoms with van der Waals surface area (Å²) in [4.78, 5) is 25.1. The summed E-state index contributed by atoms with van der Waals surface area (Å²) in [5.74, 6) is 2.04. The zero-order valence-electron chi connectivity index (χ0n) is 24.5. The quantitative estimate of drug-likeness (QED) is 0.218. The number of anilines is 2. The molecule has 5 aromatic rings. The highest BCUT2D eigenvalue weighted by molar-refractivity contribution is 5.97. The first-order chi connectivity index (χ1) is 20.5. The number of nitrogens with zero attached hydrogens (tertiary/aromatic N) is 4. The van der Waals surface area contributed by atoms with Gasteiger partial charge in [-0.25, -0.2) is 4.98 Å². The highest BCUT2D eigenvalue weighted by atomic mass is 16.1. The lowest BCUT2D eigenvalue weighted by atomic mass is 9.86.